The van der Waals surface area contributed by atoms with Crippen molar-refractivity contribution in [2.75, 3.05) is 18.4 Å². The average Bonchev–Trinajstić information content (AvgIpc) is 3.49. The minimum absolute atomic E-state index is 0.145. The Kier molecular flexibility index (Phi) is 7.64. The highest BCUT2D eigenvalue weighted by molar-refractivity contribution is 7.18. The van der Waals surface area contributed by atoms with Crippen molar-refractivity contribution in [3.05, 3.63) is 47.1 Å². The van der Waals surface area contributed by atoms with Crippen molar-refractivity contribution in [1.82, 2.24) is 20.2 Å². The first kappa shape index (κ1) is 25.2. The van der Waals surface area contributed by atoms with Crippen LogP contribution in [0.2, 0.25) is 0 Å². The van der Waals surface area contributed by atoms with Crippen molar-refractivity contribution in [3.63, 3.8) is 0 Å². The number of likely N-dealkylation sites (tertiary alicyclic amines) is 1. The molecule has 3 aromatic rings. The Hall–Kier alpha value is -2.43. The van der Waals surface area contributed by atoms with Crippen LogP contribution in [0.15, 0.2) is 36.7 Å². The van der Waals surface area contributed by atoms with Crippen molar-refractivity contribution in [1.29, 1.82) is 0 Å². The Balaban J connectivity index is 1.29. The number of hydrogen-bond donors (Lipinski definition) is 3. The van der Waals surface area contributed by atoms with Gasteiger partial charge in [0.25, 0.3) is 0 Å². The predicted octanol–water partition coefficient (Wildman–Crippen LogP) is 5.68. The van der Waals surface area contributed by atoms with Crippen molar-refractivity contribution in [3.8, 4) is 5.75 Å². The highest BCUT2D eigenvalue weighted by Crippen LogP contribution is 2.33. The number of anilines is 1. The highest BCUT2D eigenvalue weighted by Gasteiger charge is 2.31. The summed E-state index contributed by atoms with van der Waals surface area (Å²) in [6.07, 6.45) is 3.31. The molecule has 2 aromatic heterocycles. The number of benzene rings is 1. The van der Waals surface area contributed by atoms with Gasteiger partial charge >= 0.3 is 6.18 Å². The van der Waals surface area contributed by atoms with E-state index in [0.717, 1.165) is 49.4 Å². The van der Waals surface area contributed by atoms with Crippen molar-refractivity contribution in [2.24, 2.45) is 5.92 Å². The molecule has 2 atom stereocenters. The van der Waals surface area contributed by atoms with E-state index in [2.05, 4.69) is 25.5 Å². The fourth-order valence-corrected chi connectivity index (χ4v) is 6.42. The minimum Gasteiger partial charge on any atom is -0.508 e. The third kappa shape index (κ3) is 6.46. The standard InChI is InChI=1S/C26H32F3N5OS/c27-26(28,29)13-21-12-22-24(31-16-32-25(22)36-21)33-19-9-10-34(15-18-5-7-20(35)8-6-18)23(11-19)30-14-17-3-1-2-4-17/h5-8,12,16-17,19,23,30,35H,1-4,9-11,13-15H2,(H,31,32,33)/t19-,23-/m0/s1. The van der Waals surface area contributed by atoms with Crippen molar-refractivity contribution >= 4 is 27.4 Å². The van der Waals surface area contributed by atoms with E-state index in [9.17, 15) is 18.3 Å². The number of piperidine rings is 1. The maximum absolute atomic E-state index is 12.9. The molecule has 3 N–H and O–H groups in total. The summed E-state index contributed by atoms with van der Waals surface area (Å²) in [7, 11) is 0. The van der Waals surface area contributed by atoms with E-state index in [1.807, 2.05) is 12.1 Å². The average molecular weight is 520 g/mol. The maximum atomic E-state index is 12.9. The predicted molar refractivity (Wildman–Crippen MR) is 136 cm³/mol. The molecule has 0 unspecified atom stereocenters. The van der Waals surface area contributed by atoms with Crippen LogP contribution in [0.1, 0.15) is 49.0 Å². The SMILES string of the molecule is Oc1ccc(CN2CC[C@H](Nc3ncnc4sc(CC(F)(F)F)cc34)C[C@H]2NCC2CCCC2)cc1. The van der Waals surface area contributed by atoms with Crippen LogP contribution in [0.25, 0.3) is 10.2 Å². The third-order valence-corrected chi connectivity index (χ3v) is 8.29. The zero-order valence-electron chi connectivity index (χ0n) is 20.1. The molecule has 1 aliphatic heterocycles. The van der Waals surface area contributed by atoms with Gasteiger partial charge in [-0.15, -0.1) is 11.3 Å². The Morgan fingerprint density at radius 1 is 1.08 bits per heavy atom. The van der Waals surface area contributed by atoms with Gasteiger partial charge in [0.05, 0.1) is 18.0 Å². The van der Waals surface area contributed by atoms with E-state index >= 15 is 0 Å². The van der Waals surface area contributed by atoms with E-state index in [1.165, 1.54) is 32.0 Å². The second kappa shape index (κ2) is 10.9. The van der Waals surface area contributed by atoms with Gasteiger partial charge in [0.2, 0.25) is 0 Å². The molecule has 36 heavy (non-hydrogen) atoms. The van der Waals surface area contributed by atoms with E-state index in [1.54, 1.807) is 18.2 Å². The summed E-state index contributed by atoms with van der Waals surface area (Å²) < 4.78 is 38.7. The number of nitrogens with zero attached hydrogens (tertiary/aromatic N) is 3. The smallest absolute Gasteiger partial charge is 0.393 e. The molecule has 2 aliphatic rings. The van der Waals surface area contributed by atoms with E-state index in [-0.39, 0.29) is 22.8 Å². The minimum atomic E-state index is -4.25. The molecule has 0 spiro atoms. The molecule has 10 heteroatoms. The quantitative estimate of drug-likeness (QED) is 0.355. The lowest BCUT2D eigenvalue weighted by molar-refractivity contribution is -0.126. The molecule has 0 radical (unpaired) electrons. The summed E-state index contributed by atoms with van der Waals surface area (Å²) in [4.78, 5) is 11.9. The number of phenolic OH excluding ortho intramolecular Hbond substituents is 1. The molecule has 0 bridgehead atoms. The van der Waals surface area contributed by atoms with Gasteiger partial charge in [-0.2, -0.15) is 13.2 Å². The fourth-order valence-electron chi connectivity index (χ4n) is 5.40. The van der Waals surface area contributed by atoms with E-state index in [4.69, 9.17) is 0 Å². The van der Waals surface area contributed by atoms with E-state index in [0.29, 0.717) is 22.0 Å². The molecule has 1 saturated carbocycles. The monoisotopic (exact) mass is 519 g/mol. The number of halogens is 3. The molecule has 3 heterocycles. The largest absolute Gasteiger partial charge is 0.508 e. The van der Waals surface area contributed by atoms with Gasteiger partial charge in [-0.3, -0.25) is 4.90 Å². The summed E-state index contributed by atoms with van der Waals surface area (Å²) in [6.45, 7) is 2.66. The van der Waals surface area contributed by atoms with Gasteiger partial charge in [0.15, 0.2) is 0 Å². The van der Waals surface area contributed by atoms with Crippen LogP contribution in [-0.4, -0.2) is 51.4 Å². The lowest BCUT2D eigenvalue weighted by Crippen LogP contribution is -2.53. The van der Waals surface area contributed by atoms with Gasteiger partial charge in [-0.25, -0.2) is 9.97 Å². The number of aromatic hydroxyl groups is 1. The number of hydrogen-bond acceptors (Lipinski definition) is 7. The Morgan fingerprint density at radius 2 is 1.86 bits per heavy atom. The number of aromatic nitrogens is 2. The molecule has 6 nitrogen and oxygen atoms in total. The van der Waals surface area contributed by atoms with Gasteiger partial charge in [-0.05, 0) is 61.9 Å². The first-order valence-corrected chi connectivity index (χ1v) is 13.5. The Morgan fingerprint density at radius 3 is 2.61 bits per heavy atom. The first-order valence-electron chi connectivity index (χ1n) is 12.6. The zero-order chi connectivity index (χ0) is 25.1. The first-order chi connectivity index (χ1) is 17.3. The zero-order valence-corrected chi connectivity index (χ0v) is 20.9. The number of phenols is 1. The Bertz CT molecular complexity index is 1150. The number of thiophene rings is 1. The molecular formula is C26H32F3N5OS. The number of nitrogens with one attached hydrogen (secondary N) is 2. The van der Waals surface area contributed by atoms with Crippen molar-refractivity contribution < 1.29 is 18.3 Å². The molecule has 1 aromatic carbocycles. The lowest BCUT2D eigenvalue weighted by atomic mass is 9.99. The summed E-state index contributed by atoms with van der Waals surface area (Å²) >= 11 is 1.08. The van der Waals surface area contributed by atoms with Gasteiger partial charge in [0.1, 0.15) is 22.7 Å². The fraction of sp³-hybridized carbons (Fsp3) is 0.538. The highest BCUT2D eigenvalue weighted by atomic mass is 32.1. The summed E-state index contributed by atoms with van der Waals surface area (Å²) in [5.74, 6) is 1.59. The van der Waals surface area contributed by atoms with Crippen LogP contribution in [-0.2, 0) is 13.0 Å². The second-order valence-electron chi connectivity index (χ2n) is 10.0. The molecule has 1 saturated heterocycles. The van der Waals surface area contributed by atoms with Crippen LogP contribution in [0.4, 0.5) is 19.0 Å². The lowest BCUT2D eigenvalue weighted by Gasteiger charge is -2.41. The summed E-state index contributed by atoms with van der Waals surface area (Å²) in [6, 6.07) is 9.08. The Labute approximate surface area is 212 Å². The summed E-state index contributed by atoms with van der Waals surface area (Å²) in [5.41, 5.74) is 1.15. The van der Waals surface area contributed by atoms with Gasteiger partial charge in [-0.1, -0.05) is 25.0 Å². The van der Waals surface area contributed by atoms with Gasteiger partial charge in [0, 0.05) is 24.0 Å². The molecule has 194 valence electrons. The normalized spacial score (nSPS) is 21.9. The molecule has 0 amide bonds. The second-order valence-corrected chi connectivity index (χ2v) is 11.1. The molecule has 2 fully saturated rings. The number of alkyl halides is 3. The van der Waals surface area contributed by atoms with Crippen LogP contribution in [0.5, 0.6) is 5.75 Å². The molecular weight excluding hydrogens is 487 g/mol. The van der Waals surface area contributed by atoms with E-state index < -0.39 is 12.6 Å². The number of rotatable bonds is 8. The van der Waals surface area contributed by atoms with Crippen LogP contribution < -0.4 is 10.6 Å². The third-order valence-electron chi connectivity index (χ3n) is 7.25. The van der Waals surface area contributed by atoms with Crippen LogP contribution >= 0.6 is 11.3 Å². The molecule has 1 aliphatic carbocycles. The summed E-state index contributed by atoms with van der Waals surface area (Å²) in [5, 5.41) is 17.6. The van der Waals surface area contributed by atoms with Crippen LogP contribution in [0, 0.1) is 5.92 Å². The van der Waals surface area contributed by atoms with Gasteiger partial charge < -0.3 is 15.7 Å². The van der Waals surface area contributed by atoms with Crippen molar-refractivity contribution in [2.45, 2.75) is 69.9 Å². The number of fused-ring (bicyclic) bond motifs is 1. The molecule has 5 rings (SSSR count). The van der Waals surface area contributed by atoms with Crippen LogP contribution in [0.3, 0.4) is 0 Å². The maximum Gasteiger partial charge on any atom is 0.393 e. The topological polar surface area (TPSA) is 73.3 Å².